The van der Waals surface area contributed by atoms with Gasteiger partial charge in [-0.15, -0.1) is 4.80 Å². The Bertz CT molecular complexity index is 1160. The first-order valence-electron chi connectivity index (χ1n) is 9.48. The van der Waals surface area contributed by atoms with Crippen molar-refractivity contribution < 1.29 is 4.39 Å². The van der Waals surface area contributed by atoms with Crippen LogP contribution in [0.3, 0.4) is 0 Å². The predicted octanol–water partition coefficient (Wildman–Crippen LogP) is 4.67. The summed E-state index contributed by atoms with van der Waals surface area (Å²) in [5.74, 6) is 0.509. The van der Waals surface area contributed by atoms with Crippen LogP contribution in [0.5, 0.6) is 0 Å². The molecule has 1 saturated heterocycles. The number of aromatic amines is 1. The molecule has 3 heterocycles. The number of benzene rings is 2. The zero-order valence-corrected chi connectivity index (χ0v) is 17.7. The SMILES string of the molecule is Cc1cc[c]c(-n2nccn2)c1N1CCC[C@@]1(C)c1nc2cc(F)c(Br)cc2[nH]1. The highest BCUT2D eigenvalue weighted by Crippen LogP contribution is 2.44. The van der Waals surface area contributed by atoms with E-state index < -0.39 is 0 Å². The Balaban J connectivity index is 1.66. The second-order valence-electron chi connectivity index (χ2n) is 7.57. The predicted molar refractivity (Wildman–Crippen MR) is 113 cm³/mol. The molecule has 1 aliphatic rings. The molecular formula is C21H19BrFN6. The van der Waals surface area contributed by atoms with E-state index in [4.69, 9.17) is 4.98 Å². The normalized spacial score (nSPS) is 19.4. The maximum absolute atomic E-state index is 14.0. The number of hydrogen-bond acceptors (Lipinski definition) is 4. The smallest absolute Gasteiger partial charge is 0.139 e. The Morgan fingerprint density at radius 1 is 1.28 bits per heavy atom. The molecule has 147 valence electrons. The Morgan fingerprint density at radius 2 is 2.07 bits per heavy atom. The zero-order valence-electron chi connectivity index (χ0n) is 16.1. The van der Waals surface area contributed by atoms with Crippen LogP contribution in [-0.2, 0) is 5.54 Å². The number of hydrogen-bond donors (Lipinski definition) is 1. The van der Waals surface area contributed by atoms with Gasteiger partial charge in [-0.3, -0.25) is 0 Å². The summed E-state index contributed by atoms with van der Waals surface area (Å²) in [6, 6.07) is 10.4. The van der Waals surface area contributed by atoms with Crippen LogP contribution >= 0.6 is 15.9 Å². The third-order valence-corrected chi connectivity index (χ3v) is 6.32. The summed E-state index contributed by atoms with van der Waals surface area (Å²) in [4.78, 5) is 12.1. The third-order valence-electron chi connectivity index (χ3n) is 5.72. The Labute approximate surface area is 175 Å². The van der Waals surface area contributed by atoms with Crippen molar-refractivity contribution in [3.05, 3.63) is 64.4 Å². The summed E-state index contributed by atoms with van der Waals surface area (Å²) in [6.07, 6.45) is 5.27. The zero-order chi connectivity index (χ0) is 20.2. The lowest BCUT2D eigenvalue weighted by Crippen LogP contribution is -2.40. The van der Waals surface area contributed by atoms with Crippen molar-refractivity contribution in [1.82, 2.24) is 25.0 Å². The van der Waals surface area contributed by atoms with Gasteiger partial charge in [0.2, 0.25) is 0 Å². The molecular weight excluding hydrogens is 435 g/mol. The molecule has 1 aliphatic heterocycles. The average Bonchev–Trinajstić information content (AvgIpc) is 3.42. The van der Waals surface area contributed by atoms with Gasteiger partial charge in [0.15, 0.2) is 0 Å². The fourth-order valence-electron chi connectivity index (χ4n) is 4.23. The lowest BCUT2D eigenvalue weighted by Gasteiger charge is -2.37. The average molecular weight is 454 g/mol. The summed E-state index contributed by atoms with van der Waals surface area (Å²) in [5.41, 5.74) is 4.04. The maximum Gasteiger partial charge on any atom is 0.139 e. The van der Waals surface area contributed by atoms with Gasteiger partial charge < -0.3 is 9.88 Å². The van der Waals surface area contributed by atoms with E-state index in [0.717, 1.165) is 47.7 Å². The molecule has 0 saturated carbocycles. The van der Waals surface area contributed by atoms with E-state index in [0.29, 0.717) is 9.99 Å². The molecule has 0 unspecified atom stereocenters. The summed E-state index contributed by atoms with van der Waals surface area (Å²) in [5, 5.41) is 8.62. The first-order valence-corrected chi connectivity index (χ1v) is 10.3. The van der Waals surface area contributed by atoms with Gasteiger partial charge in [0.05, 0.1) is 39.1 Å². The highest BCUT2D eigenvalue weighted by atomic mass is 79.9. The number of imidazole rings is 1. The molecule has 0 amide bonds. The van der Waals surface area contributed by atoms with Crippen LogP contribution in [0.4, 0.5) is 10.1 Å². The molecule has 8 heteroatoms. The van der Waals surface area contributed by atoms with Crippen LogP contribution in [0.25, 0.3) is 16.7 Å². The van der Waals surface area contributed by atoms with E-state index in [1.54, 1.807) is 23.3 Å². The summed E-state index contributed by atoms with van der Waals surface area (Å²) >= 11 is 3.26. The summed E-state index contributed by atoms with van der Waals surface area (Å²) in [7, 11) is 0. The highest BCUT2D eigenvalue weighted by molar-refractivity contribution is 9.10. The largest absolute Gasteiger partial charge is 0.357 e. The van der Waals surface area contributed by atoms with E-state index in [1.165, 1.54) is 6.07 Å². The first kappa shape index (κ1) is 18.3. The summed E-state index contributed by atoms with van der Waals surface area (Å²) in [6.45, 7) is 5.13. The van der Waals surface area contributed by atoms with Gasteiger partial charge in [0.25, 0.3) is 0 Å². The number of nitrogens with one attached hydrogen (secondary N) is 1. The van der Waals surface area contributed by atoms with Gasteiger partial charge in [-0.1, -0.05) is 12.1 Å². The maximum atomic E-state index is 14.0. The fraction of sp³-hybridized carbons (Fsp3) is 0.286. The molecule has 1 N–H and O–H groups in total. The molecule has 0 aliphatic carbocycles. The summed E-state index contributed by atoms with van der Waals surface area (Å²) < 4.78 is 14.4. The Hall–Kier alpha value is -2.74. The number of anilines is 1. The van der Waals surface area contributed by atoms with Crippen LogP contribution in [0.2, 0.25) is 0 Å². The van der Waals surface area contributed by atoms with Crippen molar-refractivity contribution in [1.29, 1.82) is 0 Å². The number of fused-ring (bicyclic) bond motifs is 1. The van der Waals surface area contributed by atoms with E-state index in [1.807, 2.05) is 12.1 Å². The molecule has 1 atom stereocenters. The van der Waals surface area contributed by atoms with Crippen LogP contribution < -0.4 is 4.90 Å². The van der Waals surface area contributed by atoms with Crippen molar-refractivity contribution in [2.24, 2.45) is 0 Å². The van der Waals surface area contributed by atoms with Crippen molar-refractivity contribution in [3.63, 3.8) is 0 Å². The van der Waals surface area contributed by atoms with Crippen LogP contribution in [0.1, 0.15) is 31.2 Å². The van der Waals surface area contributed by atoms with Gasteiger partial charge in [-0.2, -0.15) is 10.2 Å². The fourth-order valence-corrected chi connectivity index (χ4v) is 4.58. The topological polar surface area (TPSA) is 62.6 Å². The molecule has 6 nitrogen and oxygen atoms in total. The molecule has 29 heavy (non-hydrogen) atoms. The molecule has 4 aromatic rings. The van der Waals surface area contributed by atoms with Crippen molar-refractivity contribution in [2.75, 3.05) is 11.4 Å². The highest BCUT2D eigenvalue weighted by Gasteiger charge is 2.42. The monoisotopic (exact) mass is 453 g/mol. The van der Waals surface area contributed by atoms with E-state index in [9.17, 15) is 4.39 Å². The minimum Gasteiger partial charge on any atom is -0.357 e. The lowest BCUT2D eigenvalue weighted by molar-refractivity contribution is 0.465. The number of aromatic nitrogens is 5. The van der Waals surface area contributed by atoms with Crippen molar-refractivity contribution in [3.8, 4) is 5.69 Å². The number of nitrogens with zero attached hydrogens (tertiary/aromatic N) is 5. The number of aryl methyl sites for hydroxylation is 1. The van der Waals surface area contributed by atoms with Gasteiger partial charge >= 0.3 is 0 Å². The van der Waals surface area contributed by atoms with E-state index in [-0.39, 0.29) is 11.4 Å². The molecule has 0 bridgehead atoms. The molecule has 1 fully saturated rings. The van der Waals surface area contributed by atoms with E-state index >= 15 is 0 Å². The molecule has 5 rings (SSSR count). The Morgan fingerprint density at radius 3 is 2.86 bits per heavy atom. The van der Waals surface area contributed by atoms with Gasteiger partial charge in [0.1, 0.15) is 17.3 Å². The third kappa shape index (κ3) is 2.85. The second-order valence-corrected chi connectivity index (χ2v) is 8.43. The van der Waals surface area contributed by atoms with Crippen LogP contribution in [-0.4, -0.2) is 31.5 Å². The second kappa shape index (κ2) is 6.66. The first-order chi connectivity index (χ1) is 14.0. The Kier molecular flexibility index (Phi) is 4.20. The number of H-pyrrole nitrogens is 1. The minimum absolute atomic E-state index is 0.315. The number of halogens is 2. The van der Waals surface area contributed by atoms with Gasteiger partial charge in [-0.25, -0.2) is 9.37 Å². The lowest BCUT2D eigenvalue weighted by atomic mass is 9.96. The molecule has 2 aromatic heterocycles. The molecule has 2 aromatic carbocycles. The van der Waals surface area contributed by atoms with Crippen LogP contribution in [0, 0.1) is 18.8 Å². The van der Waals surface area contributed by atoms with Crippen molar-refractivity contribution >= 4 is 32.7 Å². The van der Waals surface area contributed by atoms with Gasteiger partial charge in [-0.05, 0) is 54.2 Å². The standard InChI is InChI=1S/C21H19BrFN6/c1-13-5-3-6-18(29-24-8-9-25-29)19(13)28-10-4-7-21(28,2)20-26-16-11-14(22)15(23)12-17(16)27-20/h3,5,8-9,11-12H,4,7,10H2,1-2H3,(H,26,27)/t21-/m0/s1. The quantitative estimate of drug-likeness (QED) is 0.489. The van der Waals surface area contributed by atoms with Gasteiger partial charge in [0, 0.05) is 18.7 Å². The van der Waals surface area contributed by atoms with E-state index in [2.05, 4.69) is 55.9 Å². The molecule has 0 spiro atoms. The number of rotatable bonds is 3. The molecule has 1 radical (unpaired) electrons. The van der Waals surface area contributed by atoms with Crippen LogP contribution in [0.15, 0.2) is 41.1 Å². The minimum atomic E-state index is -0.371. The van der Waals surface area contributed by atoms with Crippen molar-refractivity contribution in [2.45, 2.75) is 32.2 Å².